The minimum Gasteiger partial charge on any atom is -0.351 e. The molecule has 5 heterocycles. The lowest BCUT2D eigenvalue weighted by atomic mass is 9.60. The van der Waals surface area contributed by atoms with Gasteiger partial charge in [0.25, 0.3) is 0 Å². The van der Waals surface area contributed by atoms with Gasteiger partial charge in [-0.3, -0.25) is 4.79 Å². The number of piperidine rings is 1. The maximum absolute atomic E-state index is 11.6. The van der Waals surface area contributed by atoms with Crippen molar-refractivity contribution in [3.63, 3.8) is 0 Å². The van der Waals surface area contributed by atoms with E-state index < -0.39 is 0 Å². The van der Waals surface area contributed by atoms with Gasteiger partial charge in [-0.15, -0.1) is 0 Å². The normalized spacial score (nSPS) is 18.5. The van der Waals surface area contributed by atoms with E-state index in [4.69, 9.17) is 4.98 Å². The zero-order valence-electron chi connectivity index (χ0n) is 17.4. The summed E-state index contributed by atoms with van der Waals surface area (Å²) < 4.78 is 1.76. The van der Waals surface area contributed by atoms with Crippen molar-refractivity contribution < 1.29 is 4.79 Å². The molecule has 4 aromatic heterocycles. The molecule has 158 valence electrons. The highest BCUT2D eigenvalue weighted by atomic mass is 16.2. The number of amides is 1. The van der Waals surface area contributed by atoms with E-state index in [9.17, 15) is 4.79 Å². The maximum Gasteiger partial charge on any atom is 0.224 e. The number of carbonyl (C=O) groups is 1. The number of nitrogens with zero attached hydrogens (tertiary/aromatic N) is 6. The van der Waals surface area contributed by atoms with E-state index in [0.717, 1.165) is 66.6 Å². The van der Waals surface area contributed by atoms with Gasteiger partial charge in [-0.1, -0.05) is 0 Å². The van der Waals surface area contributed by atoms with Crippen molar-refractivity contribution >= 4 is 28.5 Å². The smallest absolute Gasteiger partial charge is 0.224 e. The number of hydrogen-bond donors (Lipinski definition) is 2. The molecular weight excluding hydrogens is 392 g/mol. The second-order valence-corrected chi connectivity index (χ2v) is 8.89. The van der Waals surface area contributed by atoms with Crippen molar-refractivity contribution in [2.75, 3.05) is 18.4 Å². The van der Waals surface area contributed by atoms with Gasteiger partial charge in [0.1, 0.15) is 12.0 Å². The van der Waals surface area contributed by atoms with Gasteiger partial charge in [-0.2, -0.15) is 10.1 Å². The van der Waals surface area contributed by atoms with Crippen LogP contribution in [0.5, 0.6) is 0 Å². The highest BCUT2D eigenvalue weighted by Crippen LogP contribution is 2.49. The summed E-state index contributed by atoms with van der Waals surface area (Å²) in [6.45, 7) is 3.43. The number of nitrogens with one attached hydrogen (secondary N) is 2. The monoisotopic (exact) mass is 416 g/mol. The molecule has 9 nitrogen and oxygen atoms in total. The molecule has 2 aliphatic rings. The second-order valence-electron chi connectivity index (χ2n) is 8.89. The molecule has 31 heavy (non-hydrogen) atoms. The van der Waals surface area contributed by atoms with Crippen molar-refractivity contribution in [2.45, 2.75) is 38.6 Å². The molecule has 1 amide bonds. The molecule has 0 unspecified atom stereocenters. The number of aromatic amines is 1. The van der Waals surface area contributed by atoms with Crippen LogP contribution in [0.3, 0.4) is 0 Å². The first kappa shape index (κ1) is 18.3. The summed E-state index contributed by atoms with van der Waals surface area (Å²) in [7, 11) is 0. The van der Waals surface area contributed by atoms with Gasteiger partial charge in [0.05, 0.1) is 0 Å². The standard InChI is InChI=1S/C22H24N8O/c1-14(31)29-6-4-22(5-7-29)8-16(9-22)27-21-24-11-18-17(10-23-20(18)28-21)15-2-3-19-25-13-26-30(19)12-15/h2-3,10-13,16H,4-9H2,1H3,(H2,23,24,27,28). The van der Waals surface area contributed by atoms with E-state index in [0.29, 0.717) is 17.4 Å². The molecule has 2 N–H and O–H groups in total. The van der Waals surface area contributed by atoms with Gasteiger partial charge >= 0.3 is 0 Å². The van der Waals surface area contributed by atoms with Crippen LogP contribution in [0, 0.1) is 5.41 Å². The van der Waals surface area contributed by atoms with Crippen LogP contribution >= 0.6 is 0 Å². The van der Waals surface area contributed by atoms with Crippen LogP contribution in [0.4, 0.5) is 5.95 Å². The lowest BCUT2D eigenvalue weighted by Crippen LogP contribution is -2.52. The van der Waals surface area contributed by atoms with Crippen molar-refractivity contribution in [3.8, 4) is 11.1 Å². The molecule has 0 aromatic carbocycles. The number of fused-ring (bicyclic) bond motifs is 2. The zero-order chi connectivity index (χ0) is 21.0. The van der Waals surface area contributed by atoms with E-state index in [-0.39, 0.29) is 5.91 Å². The number of pyridine rings is 1. The average molecular weight is 416 g/mol. The van der Waals surface area contributed by atoms with E-state index in [1.54, 1.807) is 17.8 Å². The predicted molar refractivity (Wildman–Crippen MR) is 116 cm³/mol. The van der Waals surface area contributed by atoms with Gasteiger partial charge in [0.2, 0.25) is 11.9 Å². The van der Waals surface area contributed by atoms with E-state index in [2.05, 4.69) is 25.4 Å². The summed E-state index contributed by atoms with van der Waals surface area (Å²) in [5.74, 6) is 0.853. The first-order chi connectivity index (χ1) is 15.1. The van der Waals surface area contributed by atoms with Gasteiger partial charge in [-0.25, -0.2) is 14.5 Å². The lowest BCUT2D eigenvalue weighted by Gasteiger charge is -2.52. The van der Waals surface area contributed by atoms with Crippen LogP contribution in [0.2, 0.25) is 0 Å². The van der Waals surface area contributed by atoms with Crippen LogP contribution in [0.25, 0.3) is 27.8 Å². The molecule has 1 saturated heterocycles. The third-order valence-electron chi connectivity index (χ3n) is 6.98. The fourth-order valence-corrected chi connectivity index (χ4v) is 5.17. The highest BCUT2D eigenvalue weighted by Gasteiger charge is 2.46. The molecule has 0 atom stereocenters. The molecule has 1 spiro atoms. The fourth-order valence-electron chi connectivity index (χ4n) is 5.17. The van der Waals surface area contributed by atoms with Crippen molar-refractivity contribution in [3.05, 3.63) is 37.1 Å². The van der Waals surface area contributed by atoms with Crippen LogP contribution in [0.15, 0.2) is 37.1 Å². The zero-order valence-corrected chi connectivity index (χ0v) is 17.4. The molecule has 4 aromatic rings. The molecule has 1 saturated carbocycles. The summed E-state index contributed by atoms with van der Waals surface area (Å²) in [5, 5.41) is 8.69. The van der Waals surface area contributed by atoms with Crippen LogP contribution in [-0.2, 0) is 4.79 Å². The molecule has 1 aliphatic carbocycles. The molecule has 1 aliphatic heterocycles. The first-order valence-corrected chi connectivity index (χ1v) is 10.7. The minimum absolute atomic E-state index is 0.192. The van der Waals surface area contributed by atoms with Crippen LogP contribution in [-0.4, -0.2) is 59.5 Å². The number of hydrogen-bond acceptors (Lipinski definition) is 6. The molecule has 6 rings (SSSR count). The van der Waals surface area contributed by atoms with Crippen molar-refractivity contribution in [2.24, 2.45) is 5.41 Å². The number of aromatic nitrogens is 6. The Labute approximate surface area is 178 Å². The van der Waals surface area contributed by atoms with Crippen LogP contribution in [0.1, 0.15) is 32.6 Å². The van der Waals surface area contributed by atoms with Gasteiger partial charge in [0, 0.05) is 61.2 Å². The maximum atomic E-state index is 11.6. The number of anilines is 1. The fraction of sp³-hybridized carbons (Fsp3) is 0.409. The Kier molecular flexibility index (Phi) is 3.99. The Balaban J connectivity index is 1.15. The quantitative estimate of drug-likeness (QED) is 0.532. The number of carbonyl (C=O) groups excluding carboxylic acids is 1. The Morgan fingerprint density at radius 1 is 1.23 bits per heavy atom. The summed E-state index contributed by atoms with van der Waals surface area (Å²) >= 11 is 0. The molecule has 0 bridgehead atoms. The Bertz CT molecular complexity index is 1280. The number of H-pyrrole nitrogens is 1. The Morgan fingerprint density at radius 2 is 2.06 bits per heavy atom. The lowest BCUT2D eigenvalue weighted by molar-refractivity contribution is -0.132. The molecule has 0 radical (unpaired) electrons. The summed E-state index contributed by atoms with van der Waals surface area (Å²) in [4.78, 5) is 30.3. The first-order valence-electron chi connectivity index (χ1n) is 10.7. The molecule has 9 heteroatoms. The summed E-state index contributed by atoms with van der Waals surface area (Å²) in [5.41, 5.74) is 4.09. The van der Waals surface area contributed by atoms with Crippen molar-refractivity contribution in [1.82, 2.24) is 34.4 Å². The number of rotatable bonds is 3. The predicted octanol–water partition coefficient (Wildman–Crippen LogP) is 2.87. The Morgan fingerprint density at radius 3 is 2.87 bits per heavy atom. The van der Waals surface area contributed by atoms with Crippen LogP contribution < -0.4 is 5.32 Å². The summed E-state index contributed by atoms with van der Waals surface area (Å²) in [6.07, 6.45) is 11.8. The minimum atomic E-state index is 0.192. The number of likely N-dealkylation sites (tertiary alicyclic amines) is 1. The van der Waals surface area contributed by atoms with Gasteiger partial charge in [-0.05, 0) is 43.2 Å². The van der Waals surface area contributed by atoms with Gasteiger partial charge < -0.3 is 15.2 Å². The van der Waals surface area contributed by atoms with E-state index in [1.807, 2.05) is 35.6 Å². The second kappa shape index (κ2) is 6.76. The molecular formula is C22H24N8O. The third-order valence-corrected chi connectivity index (χ3v) is 6.98. The SMILES string of the molecule is CC(=O)N1CCC2(CC1)CC(Nc1ncc3c(-c4ccc5ncnn5c4)c[nH]c3n1)C2. The highest BCUT2D eigenvalue weighted by molar-refractivity contribution is 5.93. The summed E-state index contributed by atoms with van der Waals surface area (Å²) in [6, 6.07) is 4.38. The van der Waals surface area contributed by atoms with E-state index >= 15 is 0 Å². The Hall–Kier alpha value is -3.49. The third kappa shape index (κ3) is 3.11. The van der Waals surface area contributed by atoms with Crippen molar-refractivity contribution in [1.29, 1.82) is 0 Å². The topological polar surface area (TPSA) is 104 Å². The molecule has 2 fully saturated rings. The average Bonchev–Trinajstić information content (AvgIpc) is 3.39. The van der Waals surface area contributed by atoms with E-state index in [1.165, 1.54) is 0 Å². The largest absolute Gasteiger partial charge is 0.351 e. The van der Waals surface area contributed by atoms with Gasteiger partial charge in [0.15, 0.2) is 5.65 Å².